The van der Waals surface area contributed by atoms with Gasteiger partial charge in [0.2, 0.25) is 5.91 Å². The van der Waals surface area contributed by atoms with Gasteiger partial charge in [0.15, 0.2) is 6.29 Å². The number of hydrogen-bond acceptors (Lipinski definition) is 7. The lowest BCUT2D eigenvalue weighted by molar-refractivity contribution is -0.253. The van der Waals surface area contributed by atoms with Crippen LogP contribution in [0.2, 0.25) is 0 Å². The van der Waals surface area contributed by atoms with E-state index in [0.29, 0.717) is 25.4 Å². The number of nitrogens with one attached hydrogen (secondary N) is 1. The molecule has 3 saturated heterocycles. The first-order chi connectivity index (χ1) is 24.9. The molecule has 4 unspecified atom stereocenters. The van der Waals surface area contributed by atoms with E-state index in [1.165, 1.54) is 38.8 Å². The van der Waals surface area contributed by atoms with Crippen LogP contribution in [-0.4, -0.2) is 76.8 Å². The van der Waals surface area contributed by atoms with E-state index >= 15 is 0 Å². The fraction of sp³-hybridized carbons (Fsp3) is 0.524. The van der Waals surface area contributed by atoms with E-state index in [4.69, 9.17) is 14.6 Å². The van der Waals surface area contributed by atoms with Gasteiger partial charge in [-0.05, 0) is 98.1 Å². The summed E-state index contributed by atoms with van der Waals surface area (Å²) in [7, 11) is 0. The number of carboxylic acid groups (broad SMARTS) is 1. The molecule has 9 heteroatoms. The zero-order chi connectivity index (χ0) is 35.4. The summed E-state index contributed by atoms with van der Waals surface area (Å²) in [5, 5.41) is 21.4. The van der Waals surface area contributed by atoms with Crippen molar-refractivity contribution in [2.45, 2.75) is 108 Å². The quantitative estimate of drug-likeness (QED) is 0.130. The van der Waals surface area contributed by atoms with Crippen LogP contribution in [-0.2, 0) is 32.2 Å². The maximum absolute atomic E-state index is 12.5. The summed E-state index contributed by atoms with van der Waals surface area (Å²) in [6.45, 7) is 6.07. The van der Waals surface area contributed by atoms with Crippen molar-refractivity contribution in [1.82, 2.24) is 15.1 Å². The molecule has 3 aliphatic rings. The monoisotopic (exact) mass is 697 g/mol. The zero-order valence-electron chi connectivity index (χ0n) is 29.9. The normalized spacial score (nSPS) is 22.7. The number of benzene rings is 3. The standard InChI is InChI=1S/C42H55N3O6/c46-30-31-17-19-33(20-18-31)39-26-38(29-45-23-9-14-37(45)28-44-21-5-6-22-44)50-42(51-39)36-13-8-12-35(25-36)34-11-7-10-32(24-34)27-43-40(47)15-3-1-2-4-16-41(48)49/h7-8,10-13,17-20,24-25,37-39,42,46H,1-6,9,14-16,21-23,26-30H2,(H,43,47)(H,48,49). The Morgan fingerprint density at radius 1 is 0.765 bits per heavy atom. The molecule has 3 aromatic carbocycles. The first-order valence-corrected chi connectivity index (χ1v) is 19.1. The number of aliphatic hydroxyl groups is 1. The molecular weight excluding hydrogens is 642 g/mol. The Balaban J connectivity index is 1.11. The SMILES string of the molecule is O=C(O)CCCCCCC(=O)NCc1cccc(-c2cccc(C3OC(CN4CCCC4CN4CCCC4)CC(c4ccc(CO)cc4)O3)c2)c1. The van der Waals surface area contributed by atoms with Crippen molar-refractivity contribution in [3.8, 4) is 11.1 Å². The molecule has 1 amide bonds. The van der Waals surface area contributed by atoms with Crippen LogP contribution < -0.4 is 5.32 Å². The van der Waals surface area contributed by atoms with Crippen molar-refractivity contribution >= 4 is 11.9 Å². The van der Waals surface area contributed by atoms with Crippen molar-refractivity contribution in [2.75, 3.05) is 32.7 Å². The molecule has 3 aromatic rings. The Morgan fingerprint density at radius 2 is 1.51 bits per heavy atom. The largest absolute Gasteiger partial charge is 0.481 e. The number of carbonyl (C=O) groups excluding carboxylic acids is 1. The molecule has 274 valence electrons. The molecule has 6 rings (SSSR count). The number of likely N-dealkylation sites (tertiary alicyclic amines) is 2. The zero-order valence-corrected chi connectivity index (χ0v) is 29.9. The number of ether oxygens (including phenoxy) is 2. The van der Waals surface area contributed by atoms with Crippen LogP contribution in [0.15, 0.2) is 72.8 Å². The van der Waals surface area contributed by atoms with Gasteiger partial charge in [-0.2, -0.15) is 0 Å². The first-order valence-electron chi connectivity index (χ1n) is 19.1. The molecule has 3 aliphatic heterocycles. The van der Waals surface area contributed by atoms with Crippen LogP contribution in [0.1, 0.15) is 105 Å². The van der Waals surface area contributed by atoms with E-state index in [0.717, 1.165) is 78.7 Å². The lowest BCUT2D eigenvalue weighted by Crippen LogP contribution is -2.45. The second-order valence-corrected chi connectivity index (χ2v) is 14.6. The Morgan fingerprint density at radius 3 is 2.27 bits per heavy atom. The minimum absolute atomic E-state index is 0.0126. The highest BCUT2D eigenvalue weighted by atomic mass is 16.7. The van der Waals surface area contributed by atoms with Gasteiger partial charge >= 0.3 is 5.97 Å². The fourth-order valence-electron chi connectivity index (χ4n) is 7.83. The summed E-state index contributed by atoms with van der Waals surface area (Å²) < 4.78 is 13.5. The fourth-order valence-corrected chi connectivity index (χ4v) is 7.83. The number of amides is 1. The number of aliphatic carboxylic acids is 1. The van der Waals surface area contributed by atoms with Crippen LogP contribution in [0.25, 0.3) is 11.1 Å². The Kier molecular flexibility index (Phi) is 13.7. The van der Waals surface area contributed by atoms with Gasteiger partial charge in [-0.15, -0.1) is 0 Å². The maximum atomic E-state index is 12.5. The van der Waals surface area contributed by atoms with Gasteiger partial charge in [-0.3, -0.25) is 14.5 Å². The van der Waals surface area contributed by atoms with Gasteiger partial charge in [0.25, 0.3) is 0 Å². The van der Waals surface area contributed by atoms with E-state index in [1.54, 1.807) is 0 Å². The predicted octanol–water partition coefficient (Wildman–Crippen LogP) is 6.99. The number of carbonyl (C=O) groups is 2. The van der Waals surface area contributed by atoms with Crippen LogP contribution in [0.5, 0.6) is 0 Å². The van der Waals surface area contributed by atoms with Gasteiger partial charge in [0.1, 0.15) is 0 Å². The second-order valence-electron chi connectivity index (χ2n) is 14.6. The van der Waals surface area contributed by atoms with Crippen LogP contribution in [0, 0.1) is 0 Å². The van der Waals surface area contributed by atoms with Crippen LogP contribution in [0.3, 0.4) is 0 Å². The Hall–Kier alpha value is -3.60. The van der Waals surface area contributed by atoms with E-state index in [9.17, 15) is 14.7 Å². The number of hydrogen-bond donors (Lipinski definition) is 3. The molecule has 3 heterocycles. The number of nitrogens with zero attached hydrogens (tertiary/aromatic N) is 2. The van der Waals surface area contributed by atoms with Gasteiger partial charge in [-0.1, -0.05) is 73.5 Å². The summed E-state index contributed by atoms with van der Waals surface area (Å²) in [5.74, 6) is -0.756. The molecule has 4 atom stereocenters. The molecule has 0 saturated carbocycles. The van der Waals surface area contributed by atoms with Crippen LogP contribution >= 0.6 is 0 Å². The molecule has 9 nitrogen and oxygen atoms in total. The van der Waals surface area contributed by atoms with Crippen molar-refractivity contribution in [1.29, 1.82) is 0 Å². The van der Waals surface area contributed by atoms with Gasteiger partial charge in [0, 0.05) is 50.5 Å². The summed E-state index contributed by atoms with van der Waals surface area (Å²) in [6.07, 6.45) is 9.00. The van der Waals surface area contributed by atoms with Gasteiger partial charge < -0.3 is 29.9 Å². The Bertz CT molecular complexity index is 1560. The predicted molar refractivity (Wildman–Crippen MR) is 198 cm³/mol. The molecule has 3 fully saturated rings. The number of carboxylic acids is 1. The highest BCUT2D eigenvalue weighted by molar-refractivity contribution is 5.76. The average molecular weight is 698 g/mol. The number of aliphatic hydroxyl groups excluding tert-OH is 1. The van der Waals surface area contributed by atoms with E-state index in [-0.39, 0.29) is 31.1 Å². The highest BCUT2D eigenvalue weighted by Gasteiger charge is 2.36. The summed E-state index contributed by atoms with van der Waals surface area (Å²) >= 11 is 0. The van der Waals surface area contributed by atoms with Crippen molar-refractivity contribution in [3.05, 3.63) is 95.1 Å². The van der Waals surface area contributed by atoms with Crippen molar-refractivity contribution in [2.24, 2.45) is 0 Å². The smallest absolute Gasteiger partial charge is 0.303 e. The van der Waals surface area contributed by atoms with E-state index < -0.39 is 12.3 Å². The van der Waals surface area contributed by atoms with E-state index in [2.05, 4.69) is 63.6 Å². The summed E-state index contributed by atoms with van der Waals surface area (Å²) in [5.41, 5.74) is 6.12. The Labute approximate surface area is 302 Å². The highest BCUT2D eigenvalue weighted by Crippen LogP contribution is 2.39. The first kappa shape index (κ1) is 37.2. The van der Waals surface area contributed by atoms with Gasteiger partial charge in [0.05, 0.1) is 18.8 Å². The molecule has 0 radical (unpaired) electrons. The maximum Gasteiger partial charge on any atom is 0.303 e. The van der Waals surface area contributed by atoms with Gasteiger partial charge in [-0.25, -0.2) is 0 Å². The lowest BCUT2D eigenvalue weighted by atomic mass is 9.98. The van der Waals surface area contributed by atoms with Crippen molar-refractivity contribution < 1.29 is 29.3 Å². The van der Waals surface area contributed by atoms with Crippen LogP contribution in [0.4, 0.5) is 0 Å². The van der Waals surface area contributed by atoms with E-state index in [1.807, 2.05) is 24.3 Å². The summed E-state index contributed by atoms with van der Waals surface area (Å²) in [6, 6.07) is 25.3. The third-order valence-electron chi connectivity index (χ3n) is 10.7. The third-order valence-corrected chi connectivity index (χ3v) is 10.7. The molecular formula is C42H55N3O6. The summed E-state index contributed by atoms with van der Waals surface area (Å²) in [4.78, 5) is 28.4. The third kappa shape index (κ3) is 10.9. The minimum Gasteiger partial charge on any atom is -0.481 e. The average Bonchev–Trinajstić information content (AvgIpc) is 3.84. The second kappa shape index (κ2) is 18.8. The number of unbranched alkanes of at least 4 members (excludes halogenated alkanes) is 3. The molecule has 0 aliphatic carbocycles. The molecule has 0 aromatic heterocycles. The topological polar surface area (TPSA) is 112 Å². The minimum atomic E-state index is -0.768. The molecule has 0 bridgehead atoms. The lowest BCUT2D eigenvalue weighted by Gasteiger charge is -2.39. The molecule has 3 N–H and O–H groups in total. The van der Waals surface area contributed by atoms with Crippen molar-refractivity contribution in [3.63, 3.8) is 0 Å². The molecule has 0 spiro atoms. The number of rotatable bonds is 17. The molecule has 51 heavy (non-hydrogen) atoms.